The van der Waals surface area contributed by atoms with Gasteiger partial charge in [-0.15, -0.1) is 0 Å². The van der Waals surface area contributed by atoms with E-state index < -0.39 is 0 Å². The monoisotopic (exact) mass is 433 g/mol. The van der Waals surface area contributed by atoms with Crippen LogP contribution < -0.4 is 9.80 Å². The van der Waals surface area contributed by atoms with Crippen LogP contribution in [0.1, 0.15) is 39.5 Å². The fourth-order valence-corrected chi connectivity index (χ4v) is 4.77. The fraction of sp³-hybridized carbons (Fsp3) is 0.320. The van der Waals surface area contributed by atoms with Crippen LogP contribution in [0.25, 0.3) is 0 Å². The van der Waals surface area contributed by atoms with Gasteiger partial charge in [-0.05, 0) is 30.0 Å². The van der Waals surface area contributed by atoms with Crippen LogP contribution in [0, 0.1) is 0 Å². The van der Waals surface area contributed by atoms with E-state index in [4.69, 9.17) is 16.6 Å². The van der Waals surface area contributed by atoms with Gasteiger partial charge in [-0.25, -0.2) is 9.97 Å². The number of nitrogens with zero attached hydrogens (tertiary/aromatic N) is 3. The molecule has 158 valence electrons. The van der Waals surface area contributed by atoms with Crippen LogP contribution in [-0.2, 0) is 13.0 Å². The lowest BCUT2D eigenvalue weighted by Crippen LogP contribution is -3.13. The van der Waals surface area contributed by atoms with Crippen LogP contribution in [0.3, 0.4) is 0 Å². The Morgan fingerprint density at radius 1 is 1.00 bits per heavy atom. The maximum atomic E-state index is 12.7. The molecule has 1 aliphatic heterocycles. The molecular formula is C25H26ClN4O+. The summed E-state index contributed by atoms with van der Waals surface area (Å²) in [6.45, 7) is 5.02. The number of anilines is 1. The molecule has 0 amide bonds. The quantitative estimate of drug-likeness (QED) is 0.687. The molecule has 1 N–H and O–H groups in total. The first-order valence-corrected chi connectivity index (χ1v) is 11.3. The number of hydrogen-bond donors (Lipinski definition) is 1. The summed E-state index contributed by atoms with van der Waals surface area (Å²) in [4.78, 5) is 26.0. The van der Waals surface area contributed by atoms with Crippen molar-refractivity contribution in [3.63, 3.8) is 0 Å². The van der Waals surface area contributed by atoms with Crippen molar-refractivity contribution in [1.82, 2.24) is 9.97 Å². The van der Waals surface area contributed by atoms with Crippen LogP contribution in [0.5, 0.6) is 0 Å². The van der Waals surface area contributed by atoms with E-state index in [2.05, 4.69) is 40.2 Å². The first-order valence-electron chi connectivity index (χ1n) is 10.9. The molecule has 3 aromatic rings. The van der Waals surface area contributed by atoms with E-state index >= 15 is 0 Å². The van der Waals surface area contributed by atoms with E-state index in [1.54, 1.807) is 11.1 Å². The lowest BCUT2D eigenvalue weighted by molar-refractivity contribution is -0.914. The first-order chi connectivity index (χ1) is 15.2. The van der Waals surface area contributed by atoms with Crippen molar-refractivity contribution in [2.24, 2.45) is 0 Å². The second-order valence-electron chi connectivity index (χ2n) is 8.51. The molecule has 31 heavy (non-hydrogen) atoms. The molecule has 1 aliphatic carbocycles. The van der Waals surface area contributed by atoms with E-state index in [0.29, 0.717) is 17.0 Å². The summed E-state index contributed by atoms with van der Waals surface area (Å²) in [5.41, 5.74) is 4.08. The molecule has 2 heterocycles. The summed E-state index contributed by atoms with van der Waals surface area (Å²) in [7, 11) is 0. The largest absolute Gasteiger partial charge is 0.330 e. The van der Waals surface area contributed by atoms with E-state index in [1.165, 1.54) is 5.56 Å². The highest BCUT2D eigenvalue weighted by atomic mass is 35.5. The van der Waals surface area contributed by atoms with Crippen molar-refractivity contribution in [1.29, 1.82) is 0 Å². The van der Waals surface area contributed by atoms with E-state index in [1.807, 2.05) is 24.3 Å². The van der Waals surface area contributed by atoms with Gasteiger partial charge in [0.15, 0.2) is 5.78 Å². The molecule has 0 bridgehead atoms. The van der Waals surface area contributed by atoms with Gasteiger partial charge in [0.05, 0.1) is 37.4 Å². The molecular weight excluding hydrogens is 408 g/mol. The summed E-state index contributed by atoms with van der Waals surface area (Å²) in [6.07, 6.45) is 3.00. The van der Waals surface area contributed by atoms with Crippen LogP contribution in [0.15, 0.2) is 60.8 Å². The lowest BCUT2D eigenvalue weighted by atomic mass is 9.82. The third kappa shape index (κ3) is 4.48. The van der Waals surface area contributed by atoms with Gasteiger partial charge in [0.25, 0.3) is 0 Å². The van der Waals surface area contributed by atoms with Gasteiger partial charge in [-0.1, -0.05) is 54.1 Å². The minimum absolute atomic E-state index is 0.130. The van der Waals surface area contributed by atoms with Gasteiger partial charge in [0, 0.05) is 23.2 Å². The van der Waals surface area contributed by atoms with Crippen LogP contribution >= 0.6 is 11.6 Å². The van der Waals surface area contributed by atoms with Crippen molar-refractivity contribution in [3.8, 4) is 0 Å². The molecule has 5 nitrogen and oxygen atoms in total. The number of quaternary nitrogens is 1. The Morgan fingerprint density at radius 2 is 1.74 bits per heavy atom. The molecule has 0 radical (unpaired) electrons. The standard InChI is InChI=1S/C25H25ClN4O/c26-21-8-6-19(7-9-21)20-14-23-22(24(31)15-20)16-27-25(28-23)30-12-10-29(11-13-30)17-18-4-2-1-3-5-18/h1-9,16,20H,10-15,17H2/p+1/t20-/m0/s1. The zero-order chi connectivity index (χ0) is 21.2. The average molecular weight is 434 g/mol. The lowest BCUT2D eigenvalue weighted by Gasteiger charge is -2.33. The number of fused-ring (bicyclic) bond motifs is 1. The molecule has 0 saturated carbocycles. The number of nitrogens with one attached hydrogen (secondary N) is 1. The second kappa shape index (κ2) is 8.77. The van der Waals surface area contributed by atoms with E-state index in [9.17, 15) is 4.79 Å². The highest BCUT2D eigenvalue weighted by Gasteiger charge is 2.29. The molecule has 1 atom stereocenters. The van der Waals surface area contributed by atoms with Gasteiger partial charge in [0.1, 0.15) is 6.54 Å². The summed E-state index contributed by atoms with van der Waals surface area (Å²) >= 11 is 6.03. The fourth-order valence-electron chi connectivity index (χ4n) is 4.64. The van der Waals surface area contributed by atoms with Crippen molar-refractivity contribution in [3.05, 3.63) is 88.2 Å². The number of carbonyl (C=O) groups excluding carboxylic acids is 1. The number of aromatic nitrogens is 2. The average Bonchev–Trinajstić information content (AvgIpc) is 2.80. The Morgan fingerprint density at radius 3 is 2.48 bits per heavy atom. The molecule has 6 heteroatoms. The Kier molecular flexibility index (Phi) is 5.70. The minimum Gasteiger partial charge on any atom is -0.330 e. The van der Waals surface area contributed by atoms with Crippen LogP contribution in [-0.4, -0.2) is 41.9 Å². The van der Waals surface area contributed by atoms with Crippen molar-refractivity contribution < 1.29 is 9.69 Å². The maximum absolute atomic E-state index is 12.7. The van der Waals surface area contributed by atoms with Crippen LogP contribution in [0.4, 0.5) is 5.95 Å². The van der Waals surface area contributed by atoms with E-state index in [-0.39, 0.29) is 11.7 Å². The Balaban J connectivity index is 1.27. The number of piperazine rings is 1. The molecule has 1 saturated heterocycles. The number of ketones is 1. The van der Waals surface area contributed by atoms with Gasteiger partial charge < -0.3 is 9.80 Å². The SMILES string of the molecule is O=C1C[C@@H](c2ccc(Cl)cc2)Cc2nc(N3CC[NH+](Cc4ccccc4)CC3)ncc21. The number of rotatable bonds is 4. The number of hydrogen-bond acceptors (Lipinski definition) is 4. The Labute approximate surface area is 187 Å². The Bertz CT molecular complexity index is 1060. The summed E-state index contributed by atoms with van der Waals surface area (Å²) in [5, 5.41) is 0.712. The molecule has 1 aromatic heterocycles. The zero-order valence-electron chi connectivity index (χ0n) is 17.4. The van der Waals surface area contributed by atoms with Gasteiger partial charge in [-0.3, -0.25) is 4.79 Å². The third-order valence-electron chi connectivity index (χ3n) is 6.42. The summed E-state index contributed by atoms with van der Waals surface area (Å²) in [5.74, 6) is 1.03. The van der Waals surface area contributed by atoms with E-state index in [0.717, 1.165) is 56.4 Å². The number of benzene rings is 2. The first kappa shape index (κ1) is 20.2. The highest BCUT2D eigenvalue weighted by molar-refractivity contribution is 6.30. The minimum atomic E-state index is 0.130. The smallest absolute Gasteiger partial charge is 0.225 e. The third-order valence-corrected chi connectivity index (χ3v) is 6.67. The Hall–Kier alpha value is -2.76. The van der Waals surface area contributed by atoms with Crippen molar-refractivity contribution in [2.75, 3.05) is 31.1 Å². The van der Waals surface area contributed by atoms with Gasteiger partial charge >= 0.3 is 0 Å². The second-order valence-corrected chi connectivity index (χ2v) is 8.95. The molecule has 2 aromatic carbocycles. The number of carbonyl (C=O) groups is 1. The van der Waals surface area contributed by atoms with Crippen LogP contribution in [0.2, 0.25) is 5.02 Å². The predicted molar refractivity (Wildman–Crippen MR) is 122 cm³/mol. The maximum Gasteiger partial charge on any atom is 0.225 e. The van der Waals surface area contributed by atoms with Crippen molar-refractivity contribution >= 4 is 23.3 Å². The normalized spacial score (nSPS) is 19.3. The highest BCUT2D eigenvalue weighted by Crippen LogP contribution is 2.32. The van der Waals surface area contributed by atoms with Crippen molar-refractivity contribution in [2.45, 2.75) is 25.3 Å². The number of halogens is 1. The molecule has 2 aliphatic rings. The summed E-state index contributed by atoms with van der Waals surface area (Å²) in [6, 6.07) is 18.5. The molecule has 0 unspecified atom stereocenters. The summed E-state index contributed by atoms with van der Waals surface area (Å²) < 4.78 is 0. The molecule has 1 fully saturated rings. The molecule has 5 rings (SSSR count). The van der Waals surface area contributed by atoms with Gasteiger partial charge in [-0.2, -0.15) is 0 Å². The zero-order valence-corrected chi connectivity index (χ0v) is 18.2. The molecule has 0 spiro atoms. The predicted octanol–water partition coefficient (Wildman–Crippen LogP) is 2.95. The number of Topliss-reactive ketones (excluding diaryl/α,β-unsaturated/α-hetero) is 1. The van der Waals surface area contributed by atoms with Gasteiger partial charge in [0.2, 0.25) is 5.95 Å². The topological polar surface area (TPSA) is 50.5 Å².